The minimum Gasteiger partial charge on any atom is -0.507 e. The Morgan fingerprint density at radius 3 is 2.00 bits per heavy atom. The number of ketones is 1. The zero-order valence-electron chi connectivity index (χ0n) is 16.2. The number of carboxylic acid groups (broad SMARTS) is 1. The fourth-order valence-electron chi connectivity index (χ4n) is 3.13. The van der Waals surface area contributed by atoms with Crippen LogP contribution in [-0.2, 0) is 11.2 Å². The number of rotatable bonds is 15. The highest BCUT2D eigenvalue weighted by atomic mass is 16.5. The van der Waals surface area contributed by atoms with E-state index in [-0.39, 0.29) is 35.7 Å². The summed E-state index contributed by atoms with van der Waals surface area (Å²) in [6, 6.07) is 2.74. The predicted octanol–water partition coefficient (Wildman–Crippen LogP) is 4.10. The van der Waals surface area contributed by atoms with Crippen LogP contribution in [0.4, 0.5) is 0 Å². The summed E-state index contributed by atoms with van der Waals surface area (Å²) in [4.78, 5) is 23.5. The first-order chi connectivity index (χ1) is 13.0. The highest BCUT2D eigenvalue weighted by molar-refractivity contribution is 5.95. The van der Waals surface area contributed by atoms with Crippen LogP contribution in [0.5, 0.6) is 11.5 Å². The second-order valence-electron chi connectivity index (χ2n) is 6.86. The Hall–Kier alpha value is -2.08. The summed E-state index contributed by atoms with van der Waals surface area (Å²) in [5.74, 6) is -1.34. The van der Waals surface area contributed by atoms with E-state index in [1.165, 1.54) is 38.5 Å². The van der Waals surface area contributed by atoms with Crippen molar-refractivity contribution in [2.75, 3.05) is 13.7 Å². The molecule has 1 rings (SSSR count). The van der Waals surface area contributed by atoms with Crippen LogP contribution >= 0.6 is 0 Å². The number of aromatic carboxylic acids is 1. The van der Waals surface area contributed by atoms with E-state index < -0.39 is 5.97 Å². The highest BCUT2D eigenvalue weighted by Crippen LogP contribution is 2.28. The molecule has 0 saturated heterocycles. The maximum atomic E-state index is 12.2. The van der Waals surface area contributed by atoms with Crippen molar-refractivity contribution in [3.8, 4) is 11.5 Å². The number of unbranched alkanes of at least 4 members (excludes halogenated alkanes) is 8. The molecule has 3 N–H and O–H groups in total. The normalized spacial score (nSPS) is 10.7. The van der Waals surface area contributed by atoms with Crippen molar-refractivity contribution in [2.24, 2.45) is 0 Å². The molecule has 0 aliphatic carbocycles. The van der Waals surface area contributed by atoms with Gasteiger partial charge in [0.1, 0.15) is 22.8 Å². The number of carboxylic acids is 1. The Labute approximate surface area is 161 Å². The Balaban J connectivity index is 2.33. The molecule has 0 bridgehead atoms. The van der Waals surface area contributed by atoms with Gasteiger partial charge in [-0.05, 0) is 24.5 Å². The van der Waals surface area contributed by atoms with Gasteiger partial charge in [-0.1, -0.05) is 44.9 Å². The highest BCUT2D eigenvalue weighted by Gasteiger charge is 2.19. The Kier molecular flexibility index (Phi) is 11.2. The number of hydrogen-bond donors (Lipinski definition) is 3. The topological polar surface area (TPSA) is 104 Å². The molecule has 1 aromatic carbocycles. The number of ether oxygens (including phenoxy) is 1. The van der Waals surface area contributed by atoms with E-state index in [0.29, 0.717) is 12.2 Å². The van der Waals surface area contributed by atoms with E-state index in [1.54, 1.807) is 0 Å². The molecular weight excluding hydrogens is 348 g/mol. The molecule has 0 aromatic heterocycles. The number of hydrogen-bond acceptors (Lipinski definition) is 5. The summed E-state index contributed by atoms with van der Waals surface area (Å²) in [5, 5.41) is 27.8. The average Bonchev–Trinajstić information content (AvgIpc) is 2.62. The largest absolute Gasteiger partial charge is 0.507 e. The number of aliphatic hydroxyl groups is 1. The molecule has 152 valence electrons. The first kappa shape index (κ1) is 23.0. The standard InChI is InChI=1S/C21H32O6/c1-27-18-14-16(20(21(25)26)19(24)15-18)13-17(23)11-9-7-5-3-2-4-6-8-10-12-22/h14-15,22,24H,2-13H2,1H3,(H,25,26). The maximum Gasteiger partial charge on any atom is 0.339 e. The summed E-state index contributed by atoms with van der Waals surface area (Å²) in [6.45, 7) is 0.275. The van der Waals surface area contributed by atoms with Crippen molar-refractivity contribution in [1.29, 1.82) is 0 Å². The number of carbonyl (C=O) groups is 2. The lowest BCUT2D eigenvalue weighted by atomic mass is 9.98. The van der Waals surface area contributed by atoms with Crippen LogP contribution in [0.1, 0.15) is 80.1 Å². The van der Waals surface area contributed by atoms with Gasteiger partial charge in [0.25, 0.3) is 0 Å². The minimum absolute atomic E-state index is 0.0166. The SMILES string of the molecule is COc1cc(O)c(C(=O)O)c(CC(=O)CCCCCCCCCCCO)c1. The molecule has 0 amide bonds. The van der Waals surface area contributed by atoms with Crippen LogP contribution in [0.3, 0.4) is 0 Å². The molecule has 0 atom stereocenters. The number of Topliss-reactive ketones (excluding diaryl/α,β-unsaturated/α-hetero) is 1. The fourth-order valence-corrected chi connectivity index (χ4v) is 3.13. The van der Waals surface area contributed by atoms with Crippen molar-refractivity contribution in [3.63, 3.8) is 0 Å². The molecule has 6 heteroatoms. The summed E-state index contributed by atoms with van der Waals surface area (Å²) in [7, 11) is 1.42. The quantitative estimate of drug-likeness (QED) is 0.396. The molecule has 0 aliphatic rings. The summed E-state index contributed by atoms with van der Waals surface area (Å²) >= 11 is 0. The van der Waals surface area contributed by atoms with E-state index in [4.69, 9.17) is 9.84 Å². The molecular formula is C21H32O6. The summed E-state index contributed by atoms with van der Waals surface area (Å²) in [5.41, 5.74) is 0.0533. The first-order valence-electron chi connectivity index (χ1n) is 9.75. The van der Waals surface area contributed by atoms with Crippen LogP contribution in [0.15, 0.2) is 12.1 Å². The minimum atomic E-state index is -1.25. The van der Waals surface area contributed by atoms with E-state index in [1.807, 2.05) is 0 Å². The average molecular weight is 380 g/mol. The molecule has 0 saturated carbocycles. The van der Waals surface area contributed by atoms with Crippen LogP contribution in [-0.4, -0.2) is 40.8 Å². The van der Waals surface area contributed by atoms with Gasteiger partial charge in [0.05, 0.1) is 7.11 Å². The lowest BCUT2D eigenvalue weighted by Gasteiger charge is -2.10. The molecule has 0 spiro atoms. The van der Waals surface area contributed by atoms with Gasteiger partial charge in [-0.25, -0.2) is 4.79 Å². The van der Waals surface area contributed by atoms with Gasteiger partial charge in [0.15, 0.2) is 0 Å². The number of phenols is 1. The number of aliphatic hydroxyl groups excluding tert-OH is 1. The monoisotopic (exact) mass is 380 g/mol. The van der Waals surface area contributed by atoms with Gasteiger partial charge < -0.3 is 20.1 Å². The van der Waals surface area contributed by atoms with E-state index in [9.17, 15) is 19.8 Å². The van der Waals surface area contributed by atoms with Gasteiger partial charge in [-0.2, -0.15) is 0 Å². The number of benzene rings is 1. The lowest BCUT2D eigenvalue weighted by Crippen LogP contribution is -2.09. The third kappa shape index (κ3) is 8.91. The van der Waals surface area contributed by atoms with Crippen molar-refractivity contribution in [2.45, 2.75) is 70.6 Å². The smallest absolute Gasteiger partial charge is 0.339 e. The molecule has 27 heavy (non-hydrogen) atoms. The van der Waals surface area contributed by atoms with E-state index in [0.717, 1.165) is 38.5 Å². The second-order valence-corrected chi connectivity index (χ2v) is 6.86. The van der Waals surface area contributed by atoms with Crippen molar-refractivity contribution >= 4 is 11.8 Å². The number of aromatic hydroxyl groups is 1. The van der Waals surface area contributed by atoms with Crippen LogP contribution < -0.4 is 4.74 Å². The Bertz CT molecular complexity index is 597. The zero-order valence-corrected chi connectivity index (χ0v) is 16.2. The Morgan fingerprint density at radius 2 is 1.48 bits per heavy atom. The molecule has 6 nitrogen and oxygen atoms in total. The van der Waals surface area contributed by atoms with E-state index in [2.05, 4.69) is 0 Å². The predicted molar refractivity (Wildman–Crippen MR) is 104 cm³/mol. The van der Waals surface area contributed by atoms with Crippen LogP contribution in [0.2, 0.25) is 0 Å². The van der Waals surface area contributed by atoms with E-state index >= 15 is 0 Å². The Morgan fingerprint density at radius 1 is 0.926 bits per heavy atom. The second kappa shape index (κ2) is 13.1. The van der Waals surface area contributed by atoms with Gasteiger partial charge >= 0.3 is 5.97 Å². The van der Waals surface area contributed by atoms with Crippen molar-refractivity contribution in [3.05, 3.63) is 23.3 Å². The van der Waals surface area contributed by atoms with Gasteiger partial charge in [-0.15, -0.1) is 0 Å². The number of methoxy groups -OCH3 is 1. The van der Waals surface area contributed by atoms with Crippen molar-refractivity contribution in [1.82, 2.24) is 0 Å². The van der Waals surface area contributed by atoms with Crippen LogP contribution in [0, 0.1) is 0 Å². The molecule has 0 unspecified atom stereocenters. The molecule has 0 aliphatic heterocycles. The third-order valence-electron chi connectivity index (χ3n) is 4.62. The zero-order chi connectivity index (χ0) is 20.1. The summed E-state index contributed by atoms with van der Waals surface area (Å²) in [6.07, 6.45) is 9.93. The first-order valence-corrected chi connectivity index (χ1v) is 9.75. The molecule has 0 radical (unpaired) electrons. The lowest BCUT2D eigenvalue weighted by molar-refractivity contribution is -0.118. The molecule has 0 heterocycles. The summed E-state index contributed by atoms with van der Waals surface area (Å²) < 4.78 is 5.04. The third-order valence-corrected chi connectivity index (χ3v) is 4.62. The molecule has 0 fully saturated rings. The van der Waals surface area contributed by atoms with Crippen molar-refractivity contribution < 1.29 is 29.6 Å². The maximum absolute atomic E-state index is 12.2. The van der Waals surface area contributed by atoms with Crippen LogP contribution in [0.25, 0.3) is 0 Å². The molecule has 1 aromatic rings. The van der Waals surface area contributed by atoms with Gasteiger partial charge in [0.2, 0.25) is 0 Å². The van der Waals surface area contributed by atoms with Gasteiger partial charge in [-0.3, -0.25) is 4.79 Å². The van der Waals surface area contributed by atoms with Gasteiger partial charge in [0, 0.05) is 25.5 Å². The number of carbonyl (C=O) groups excluding carboxylic acids is 1. The fraction of sp³-hybridized carbons (Fsp3) is 0.619.